The summed E-state index contributed by atoms with van der Waals surface area (Å²) in [7, 11) is 0. The molecule has 3 nitrogen and oxygen atoms in total. The van der Waals surface area contributed by atoms with Crippen molar-refractivity contribution in [1.29, 1.82) is 0 Å². The minimum absolute atomic E-state index is 0.00903. The number of ether oxygens (including phenoxy) is 1. The topological polar surface area (TPSA) is 32.7 Å². The van der Waals surface area contributed by atoms with Crippen LogP contribution >= 0.6 is 0 Å². The molecule has 1 N–H and O–H groups in total. The van der Waals surface area contributed by atoms with Gasteiger partial charge in [0.2, 0.25) is 0 Å². The van der Waals surface area contributed by atoms with Gasteiger partial charge in [-0.15, -0.1) is 0 Å². The molecule has 2 heterocycles. The molecule has 2 aliphatic rings. The lowest BCUT2D eigenvalue weighted by Crippen LogP contribution is -2.55. The van der Waals surface area contributed by atoms with Gasteiger partial charge in [0.05, 0.1) is 12.2 Å². The summed E-state index contributed by atoms with van der Waals surface area (Å²) in [6.45, 7) is 7.71. The second-order valence-electron chi connectivity index (χ2n) is 6.23. The lowest BCUT2D eigenvalue weighted by Gasteiger charge is -2.45. The predicted octanol–water partition coefficient (Wildman–Crippen LogP) is 2.96. The van der Waals surface area contributed by atoms with Crippen LogP contribution in [-0.2, 0) is 4.74 Å². The van der Waals surface area contributed by atoms with Crippen molar-refractivity contribution >= 4 is 0 Å². The third kappa shape index (κ3) is 3.32. The molecule has 3 heteroatoms. The van der Waals surface area contributed by atoms with E-state index in [2.05, 4.69) is 18.7 Å². The summed E-state index contributed by atoms with van der Waals surface area (Å²) in [5.41, 5.74) is 0.00903. The maximum Gasteiger partial charge on any atom is 0.0724 e. The van der Waals surface area contributed by atoms with Gasteiger partial charge in [0.1, 0.15) is 0 Å². The van der Waals surface area contributed by atoms with E-state index in [1.54, 1.807) is 0 Å². The van der Waals surface area contributed by atoms with Crippen LogP contribution in [0.5, 0.6) is 0 Å². The molecular formula is C16H31NO2. The van der Waals surface area contributed by atoms with Crippen molar-refractivity contribution in [1.82, 2.24) is 4.90 Å². The molecule has 19 heavy (non-hydrogen) atoms. The van der Waals surface area contributed by atoms with Crippen LogP contribution in [0.25, 0.3) is 0 Å². The van der Waals surface area contributed by atoms with Crippen LogP contribution in [0.1, 0.15) is 65.2 Å². The minimum Gasteiger partial charge on any atom is -0.391 e. The second-order valence-corrected chi connectivity index (χ2v) is 6.23. The zero-order valence-corrected chi connectivity index (χ0v) is 12.7. The number of hydrogen-bond acceptors (Lipinski definition) is 3. The van der Waals surface area contributed by atoms with Crippen LogP contribution in [-0.4, -0.2) is 47.4 Å². The molecule has 2 atom stereocenters. The quantitative estimate of drug-likeness (QED) is 0.771. The third-order valence-corrected chi connectivity index (χ3v) is 5.37. The van der Waals surface area contributed by atoms with E-state index in [0.29, 0.717) is 6.10 Å². The maximum absolute atomic E-state index is 10.8. The Labute approximate surface area is 118 Å². The van der Waals surface area contributed by atoms with Crippen LogP contribution in [0.4, 0.5) is 0 Å². The molecule has 0 saturated carbocycles. The van der Waals surface area contributed by atoms with Gasteiger partial charge in [-0.1, -0.05) is 13.8 Å². The van der Waals surface area contributed by atoms with Crippen molar-refractivity contribution in [2.75, 3.05) is 19.7 Å². The Morgan fingerprint density at radius 3 is 2.42 bits per heavy atom. The fourth-order valence-corrected chi connectivity index (χ4v) is 4.03. The van der Waals surface area contributed by atoms with E-state index >= 15 is 0 Å². The molecule has 0 aromatic carbocycles. The van der Waals surface area contributed by atoms with Crippen molar-refractivity contribution in [3.05, 3.63) is 0 Å². The maximum atomic E-state index is 10.8. The van der Waals surface area contributed by atoms with Gasteiger partial charge in [0, 0.05) is 12.1 Å². The minimum atomic E-state index is -0.204. The van der Waals surface area contributed by atoms with E-state index < -0.39 is 0 Å². The summed E-state index contributed by atoms with van der Waals surface area (Å²) >= 11 is 0. The molecule has 0 spiro atoms. The molecule has 0 aromatic rings. The predicted molar refractivity (Wildman–Crippen MR) is 78.3 cm³/mol. The molecule has 0 radical (unpaired) electrons. The molecule has 0 aromatic heterocycles. The molecule has 2 rings (SSSR count). The highest BCUT2D eigenvalue weighted by Gasteiger charge is 2.41. The van der Waals surface area contributed by atoms with E-state index in [-0.39, 0.29) is 11.6 Å². The molecule has 2 unspecified atom stereocenters. The fraction of sp³-hybridized carbons (Fsp3) is 1.00. The van der Waals surface area contributed by atoms with Gasteiger partial charge in [0.25, 0.3) is 0 Å². The monoisotopic (exact) mass is 269 g/mol. The molecule has 0 amide bonds. The largest absolute Gasteiger partial charge is 0.391 e. The first kappa shape index (κ1) is 15.3. The third-order valence-electron chi connectivity index (χ3n) is 5.37. The first-order chi connectivity index (χ1) is 9.23. The Balaban J connectivity index is 1.92. The highest BCUT2D eigenvalue weighted by atomic mass is 16.5. The van der Waals surface area contributed by atoms with Gasteiger partial charge in [-0.2, -0.15) is 0 Å². The molecule has 2 fully saturated rings. The summed E-state index contributed by atoms with van der Waals surface area (Å²) in [5.74, 6) is 0. The normalized spacial score (nSPS) is 27.0. The van der Waals surface area contributed by atoms with Gasteiger partial charge in [-0.25, -0.2) is 0 Å². The van der Waals surface area contributed by atoms with Crippen molar-refractivity contribution in [3.8, 4) is 0 Å². The number of nitrogens with zero attached hydrogens (tertiary/aromatic N) is 1. The van der Waals surface area contributed by atoms with Crippen LogP contribution < -0.4 is 0 Å². The van der Waals surface area contributed by atoms with E-state index in [1.165, 1.54) is 38.8 Å². The van der Waals surface area contributed by atoms with E-state index in [1.807, 2.05) is 0 Å². The molecule has 0 aliphatic carbocycles. The Kier molecular flexibility index (Phi) is 5.67. The van der Waals surface area contributed by atoms with E-state index in [0.717, 1.165) is 32.3 Å². The Hall–Kier alpha value is -0.120. The smallest absolute Gasteiger partial charge is 0.0724 e. The summed E-state index contributed by atoms with van der Waals surface area (Å²) in [4.78, 5) is 2.55. The van der Waals surface area contributed by atoms with Gasteiger partial charge < -0.3 is 9.84 Å². The van der Waals surface area contributed by atoms with Crippen molar-refractivity contribution < 1.29 is 9.84 Å². The molecule has 0 bridgehead atoms. The highest BCUT2D eigenvalue weighted by Crippen LogP contribution is 2.34. The lowest BCUT2D eigenvalue weighted by atomic mass is 9.82. The highest BCUT2D eigenvalue weighted by molar-refractivity contribution is 4.97. The first-order valence-corrected chi connectivity index (χ1v) is 8.27. The Bertz CT molecular complexity index is 253. The molecule has 2 saturated heterocycles. The van der Waals surface area contributed by atoms with E-state index in [4.69, 9.17) is 4.74 Å². The van der Waals surface area contributed by atoms with Gasteiger partial charge in [-0.05, 0) is 64.5 Å². The van der Waals surface area contributed by atoms with Crippen LogP contribution in [0.2, 0.25) is 0 Å². The number of rotatable bonds is 7. The average molecular weight is 269 g/mol. The Morgan fingerprint density at radius 1 is 1.21 bits per heavy atom. The summed E-state index contributed by atoms with van der Waals surface area (Å²) in [5, 5.41) is 10.8. The molecule has 112 valence electrons. The summed E-state index contributed by atoms with van der Waals surface area (Å²) < 4.78 is 5.68. The lowest BCUT2D eigenvalue weighted by molar-refractivity contribution is -0.0385. The van der Waals surface area contributed by atoms with Gasteiger partial charge >= 0.3 is 0 Å². The standard InChI is InChI=1S/C16H31NO2/c1-3-16(4-2,17-11-5-6-12-17)15(18)10-9-14-8-7-13-19-14/h14-15,18H,3-13H2,1-2H3. The SMILES string of the molecule is CCC(CC)(C(O)CCC1CCCO1)N1CCCC1. The average Bonchev–Trinajstić information content (AvgIpc) is 3.12. The zero-order valence-electron chi connectivity index (χ0n) is 12.7. The van der Waals surface area contributed by atoms with Crippen molar-refractivity contribution in [3.63, 3.8) is 0 Å². The summed E-state index contributed by atoms with van der Waals surface area (Å²) in [6, 6.07) is 0. The second kappa shape index (κ2) is 7.05. The van der Waals surface area contributed by atoms with E-state index in [9.17, 15) is 5.11 Å². The summed E-state index contributed by atoms with van der Waals surface area (Å²) in [6.07, 6.45) is 9.18. The van der Waals surface area contributed by atoms with Crippen molar-refractivity contribution in [2.45, 2.75) is 83.0 Å². The van der Waals surface area contributed by atoms with Crippen LogP contribution in [0.15, 0.2) is 0 Å². The molecular weight excluding hydrogens is 238 g/mol. The molecule has 2 aliphatic heterocycles. The number of aliphatic hydroxyl groups is 1. The zero-order chi connectivity index (χ0) is 13.7. The fourth-order valence-electron chi connectivity index (χ4n) is 4.03. The van der Waals surface area contributed by atoms with Crippen molar-refractivity contribution in [2.24, 2.45) is 0 Å². The van der Waals surface area contributed by atoms with Crippen LogP contribution in [0, 0.1) is 0 Å². The first-order valence-electron chi connectivity index (χ1n) is 8.27. The Morgan fingerprint density at radius 2 is 1.89 bits per heavy atom. The van der Waals surface area contributed by atoms with Gasteiger partial charge in [0.15, 0.2) is 0 Å². The number of hydrogen-bond donors (Lipinski definition) is 1. The van der Waals surface area contributed by atoms with Crippen LogP contribution in [0.3, 0.4) is 0 Å². The number of aliphatic hydroxyl groups excluding tert-OH is 1. The number of likely N-dealkylation sites (tertiary alicyclic amines) is 1. The van der Waals surface area contributed by atoms with Gasteiger partial charge in [-0.3, -0.25) is 4.90 Å².